The van der Waals surface area contributed by atoms with Crippen molar-refractivity contribution in [1.82, 2.24) is 14.5 Å². The third-order valence-electron chi connectivity index (χ3n) is 4.22. The summed E-state index contributed by atoms with van der Waals surface area (Å²) in [5.41, 5.74) is 1.69. The van der Waals surface area contributed by atoms with E-state index >= 15 is 0 Å². The lowest BCUT2D eigenvalue weighted by Gasteiger charge is -2.34. The smallest absolute Gasteiger partial charge is 0.475 e. The lowest BCUT2D eigenvalue weighted by molar-refractivity contribution is -0.192. The van der Waals surface area contributed by atoms with Crippen molar-refractivity contribution >= 4 is 34.2 Å². The van der Waals surface area contributed by atoms with E-state index in [0.29, 0.717) is 5.52 Å². The predicted molar refractivity (Wildman–Crippen MR) is 98.2 cm³/mol. The molecule has 160 valence electrons. The van der Waals surface area contributed by atoms with Crippen LogP contribution in [-0.4, -0.2) is 56.9 Å². The molecule has 1 saturated heterocycles. The van der Waals surface area contributed by atoms with Crippen molar-refractivity contribution in [3.05, 3.63) is 41.8 Å². The van der Waals surface area contributed by atoms with Crippen LogP contribution in [0, 0.1) is 5.82 Å². The number of rotatable bonds is 3. The molecule has 0 aromatic carbocycles. The Balaban J connectivity index is 0.000000318. The van der Waals surface area contributed by atoms with Gasteiger partial charge in [0.1, 0.15) is 18.2 Å². The number of carboxylic acids is 1. The highest BCUT2D eigenvalue weighted by atomic mass is 32.1. The van der Waals surface area contributed by atoms with Crippen molar-refractivity contribution in [1.29, 1.82) is 0 Å². The average molecular weight is 447 g/mol. The van der Waals surface area contributed by atoms with Gasteiger partial charge in [-0.1, -0.05) is 6.07 Å². The number of carbonyl (C=O) groups is 2. The minimum atomic E-state index is -5.08. The van der Waals surface area contributed by atoms with E-state index in [1.807, 2.05) is 23.6 Å². The van der Waals surface area contributed by atoms with Crippen molar-refractivity contribution < 1.29 is 36.6 Å². The van der Waals surface area contributed by atoms with Gasteiger partial charge < -0.3 is 14.6 Å². The summed E-state index contributed by atoms with van der Waals surface area (Å²) in [7, 11) is 0. The molecule has 3 aromatic rings. The van der Waals surface area contributed by atoms with Crippen LogP contribution in [0.1, 0.15) is 0 Å². The number of halogens is 5. The van der Waals surface area contributed by atoms with Gasteiger partial charge in [-0.2, -0.15) is 13.2 Å². The van der Waals surface area contributed by atoms with Crippen LogP contribution in [0.5, 0.6) is 0 Å². The van der Waals surface area contributed by atoms with Gasteiger partial charge in [0.25, 0.3) is 0 Å². The Bertz CT molecular complexity index is 1060. The minimum Gasteiger partial charge on any atom is -0.475 e. The Labute approximate surface area is 170 Å². The predicted octanol–water partition coefficient (Wildman–Crippen LogP) is 3.72. The molecule has 0 spiro atoms. The summed E-state index contributed by atoms with van der Waals surface area (Å²) in [4.78, 5) is 27.6. The van der Waals surface area contributed by atoms with Gasteiger partial charge in [-0.15, -0.1) is 11.3 Å². The first-order valence-corrected chi connectivity index (χ1v) is 9.34. The van der Waals surface area contributed by atoms with Crippen molar-refractivity contribution in [2.75, 3.05) is 13.1 Å². The first kappa shape index (κ1) is 21.7. The maximum absolute atomic E-state index is 14.0. The molecule has 3 aromatic heterocycles. The number of fused-ring (bicyclic) bond motifs is 1. The van der Waals surface area contributed by atoms with Crippen LogP contribution >= 0.6 is 11.3 Å². The maximum Gasteiger partial charge on any atom is 0.490 e. The fourth-order valence-corrected chi connectivity index (χ4v) is 3.41. The molecule has 1 N–H and O–H groups in total. The Morgan fingerprint density at radius 2 is 1.97 bits per heavy atom. The number of hydrogen-bond acceptors (Lipinski definition) is 4. The van der Waals surface area contributed by atoms with E-state index in [0.717, 1.165) is 10.4 Å². The lowest BCUT2D eigenvalue weighted by atomic mass is 10.2. The second-order valence-electron chi connectivity index (χ2n) is 6.37. The number of carboxylic acid groups (broad SMARTS) is 1. The van der Waals surface area contributed by atoms with Gasteiger partial charge in [0.2, 0.25) is 5.91 Å². The molecular formula is C18H14F5N3O3S. The van der Waals surface area contributed by atoms with Gasteiger partial charge in [0, 0.05) is 22.8 Å². The van der Waals surface area contributed by atoms with E-state index in [1.54, 1.807) is 22.1 Å². The highest BCUT2D eigenvalue weighted by Gasteiger charge is 2.38. The quantitative estimate of drug-likeness (QED) is 0.621. The van der Waals surface area contributed by atoms with E-state index < -0.39 is 24.1 Å². The van der Waals surface area contributed by atoms with Crippen molar-refractivity contribution in [2.24, 2.45) is 0 Å². The van der Waals surface area contributed by atoms with Crippen LogP contribution in [-0.2, 0) is 16.1 Å². The molecular weight excluding hydrogens is 433 g/mol. The molecule has 1 amide bonds. The van der Waals surface area contributed by atoms with Crippen LogP contribution in [0.15, 0.2) is 36.0 Å². The monoisotopic (exact) mass is 447 g/mol. The summed E-state index contributed by atoms with van der Waals surface area (Å²) in [6.07, 6.45) is -3.11. The zero-order chi connectivity index (χ0) is 22.1. The largest absolute Gasteiger partial charge is 0.490 e. The Morgan fingerprint density at radius 1 is 1.30 bits per heavy atom. The third kappa shape index (κ3) is 4.75. The number of alkyl halides is 4. The number of carbonyl (C=O) groups excluding carboxylic acids is 1. The normalized spacial score (nSPS) is 14.2. The van der Waals surface area contributed by atoms with Gasteiger partial charge >= 0.3 is 12.1 Å². The van der Waals surface area contributed by atoms with E-state index in [1.165, 1.54) is 11.1 Å². The zero-order valence-corrected chi connectivity index (χ0v) is 15.9. The van der Waals surface area contributed by atoms with E-state index in [9.17, 15) is 26.7 Å². The van der Waals surface area contributed by atoms with Crippen LogP contribution in [0.2, 0.25) is 0 Å². The highest BCUT2D eigenvalue weighted by molar-refractivity contribution is 7.13. The van der Waals surface area contributed by atoms with Crippen molar-refractivity contribution in [3.8, 4) is 10.4 Å². The number of nitrogens with zero attached hydrogens (tertiary/aromatic N) is 3. The molecule has 0 bridgehead atoms. The molecule has 0 unspecified atom stereocenters. The molecule has 0 aliphatic carbocycles. The second kappa shape index (κ2) is 8.38. The molecule has 0 saturated carbocycles. The molecule has 30 heavy (non-hydrogen) atoms. The third-order valence-corrected chi connectivity index (χ3v) is 5.13. The maximum atomic E-state index is 14.0. The second-order valence-corrected chi connectivity index (χ2v) is 7.32. The van der Waals surface area contributed by atoms with Crippen LogP contribution in [0.3, 0.4) is 0 Å². The molecule has 0 atom stereocenters. The summed E-state index contributed by atoms with van der Waals surface area (Å²) < 4.78 is 60.2. The van der Waals surface area contributed by atoms with E-state index in [4.69, 9.17) is 9.90 Å². The van der Waals surface area contributed by atoms with Crippen LogP contribution in [0.4, 0.5) is 22.0 Å². The average Bonchev–Trinajstić information content (AvgIpc) is 3.27. The first-order chi connectivity index (χ1) is 14.1. The number of pyridine rings is 1. The molecule has 1 aliphatic heterocycles. The number of hydrogen-bond donors (Lipinski definition) is 1. The summed E-state index contributed by atoms with van der Waals surface area (Å²) in [6, 6.07) is 5.73. The standard InChI is InChI=1S/C16H13F2N3OS.C2HF3O2/c17-11-6-21(7-11)15(22)9-20-8-12(18)16-13(20)4-10(5-19-16)14-2-1-3-23-14;3-2(4,5)1(6)7/h1-5,8,11H,6-7,9H2;(H,6,7). The molecule has 4 rings (SSSR count). The van der Waals surface area contributed by atoms with Crippen LogP contribution < -0.4 is 0 Å². The molecule has 4 heterocycles. The van der Waals surface area contributed by atoms with Crippen LogP contribution in [0.25, 0.3) is 21.5 Å². The summed E-state index contributed by atoms with van der Waals surface area (Å²) in [5, 5.41) is 9.08. The summed E-state index contributed by atoms with van der Waals surface area (Å²) in [5.74, 6) is -3.43. The van der Waals surface area contributed by atoms with Crippen molar-refractivity contribution in [2.45, 2.75) is 18.9 Å². The summed E-state index contributed by atoms with van der Waals surface area (Å²) in [6.45, 7) is 0.237. The number of aromatic nitrogens is 2. The lowest BCUT2D eigenvalue weighted by Crippen LogP contribution is -2.52. The highest BCUT2D eigenvalue weighted by Crippen LogP contribution is 2.28. The topological polar surface area (TPSA) is 75.4 Å². The van der Waals surface area contributed by atoms with Gasteiger partial charge in [-0.3, -0.25) is 9.78 Å². The Kier molecular flexibility index (Phi) is 6.06. The first-order valence-electron chi connectivity index (χ1n) is 8.46. The fourth-order valence-electron chi connectivity index (χ4n) is 2.71. The molecule has 6 nitrogen and oxygen atoms in total. The Morgan fingerprint density at radius 3 is 2.50 bits per heavy atom. The van der Waals surface area contributed by atoms with Gasteiger partial charge in [-0.05, 0) is 17.5 Å². The van der Waals surface area contributed by atoms with E-state index in [2.05, 4.69) is 4.98 Å². The van der Waals surface area contributed by atoms with E-state index in [-0.39, 0.29) is 31.1 Å². The Hall–Kier alpha value is -3.02. The van der Waals surface area contributed by atoms with Gasteiger partial charge in [-0.25, -0.2) is 13.6 Å². The fraction of sp³-hybridized carbons (Fsp3) is 0.278. The number of amides is 1. The number of thiophene rings is 1. The van der Waals surface area contributed by atoms with Gasteiger partial charge in [0.05, 0.1) is 18.6 Å². The molecule has 12 heteroatoms. The molecule has 1 aliphatic rings. The molecule has 1 fully saturated rings. The SMILES string of the molecule is O=C(Cn1cc(F)c2ncc(-c3cccs3)cc21)N1CC(F)C1.O=C(O)C(F)(F)F. The molecule has 0 radical (unpaired) electrons. The number of aliphatic carboxylic acids is 1. The minimum absolute atomic E-state index is 0.0112. The van der Waals surface area contributed by atoms with Crippen molar-refractivity contribution in [3.63, 3.8) is 0 Å². The van der Waals surface area contributed by atoms with Gasteiger partial charge in [0.15, 0.2) is 5.82 Å². The number of likely N-dealkylation sites (tertiary alicyclic amines) is 1. The summed E-state index contributed by atoms with van der Waals surface area (Å²) >= 11 is 1.57. The zero-order valence-electron chi connectivity index (χ0n) is 15.1.